The SMILES string of the molecule is CCOc1cc(Nc2ccc(C)c(Br)c2)ccc1N. The Kier molecular flexibility index (Phi) is 4.32. The van der Waals surface area contributed by atoms with Gasteiger partial charge in [-0.2, -0.15) is 0 Å². The topological polar surface area (TPSA) is 47.3 Å². The summed E-state index contributed by atoms with van der Waals surface area (Å²) >= 11 is 3.53. The molecule has 100 valence electrons. The number of ether oxygens (including phenoxy) is 1. The van der Waals surface area contributed by atoms with E-state index in [9.17, 15) is 0 Å². The number of nitrogen functional groups attached to an aromatic ring is 1. The van der Waals surface area contributed by atoms with Gasteiger partial charge in [0.1, 0.15) is 5.75 Å². The number of benzene rings is 2. The van der Waals surface area contributed by atoms with Gasteiger partial charge < -0.3 is 15.8 Å². The van der Waals surface area contributed by atoms with Crippen molar-refractivity contribution >= 4 is 33.0 Å². The lowest BCUT2D eigenvalue weighted by Crippen LogP contribution is -1.98. The zero-order chi connectivity index (χ0) is 13.8. The minimum Gasteiger partial charge on any atom is -0.492 e. The molecule has 0 aliphatic rings. The van der Waals surface area contributed by atoms with Crippen molar-refractivity contribution in [3.63, 3.8) is 0 Å². The number of halogens is 1. The number of nitrogens with one attached hydrogen (secondary N) is 1. The fourth-order valence-corrected chi connectivity index (χ4v) is 2.11. The quantitative estimate of drug-likeness (QED) is 0.816. The Morgan fingerprint density at radius 2 is 1.84 bits per heavy atom. The molecule has 0 aromatic heterocycles. The summed E-state index contributed by atoms with van der Waals surface area (Å²) in [6.07, 6.45) is 0. The van der Waals surface area contributed by atoms with E-state index < -0.39 is 0 Å². The van der Waals surface area contributed by atoms with Gasteiger partial charge in [-0.1, -0.05) is 22.0 Å². The predicted octanol–water partition coefficient (Wildman–Crippen LogP) is 4.48. The Labute approximate surface area is 121 Å². The molecule has 0 saturated carbocycles. The van der Waals surface area contributed by atoms with Crippen LogP contribution in [-0.2, 0) is 0 Å². The van der Waals surface area contributed by atoms with Crippen molar-refractivity contribution in [2.24, 2.45) is 0 Å². The van der Waals surface area contributed by atoms with Crippen LogP contribution in [0.2, 0.25) is 0 Å². The Bertz CT molecular complexity index is 584. The average molecular weight is 321 g/mol. The summed E-state index contributed by atoms with van der Waals surface area (Å²) in [5.41, 5.74) is 9.68. The summed E-state index contributed by atoms with van der Waals surface area (Å²) in [6, 6.07) is 11.8. The van der Waals surface area contributed by atoms with Crippen LogP contribution in [0.15, 0.2) is 40.9 Å². The first-order valence-corrected chi connectivity index (χ1v) is 6.95. The minimum atomic E-state index is 0.601. The Morgan fingerprint density at radius 3 is 2.53 bits per heavy atom. The largest absolute Gasteiger partial charge is 0.492 e. The molecule has 0 fully saturated rings. The lowest BCUT2D eigenvalue weighted by molar-refractivity contribution is 0.342. The summed E-state index contributed by atoms with van der Waals surface area (Å²) in [5, 5.41) is 3.33. The maximum atomic E-state index is 5.85. The Morgan fingerprint density at radius 1 is 1.16 bits per heavy atom. The predicted molar refractivity (Wildman–Crippen MR) is 84.2 cm³/mol. The van der Waals surface area contributed by atoms with Gasteiger partial charge in [0, 0.05) is 21.9 Å². The number of anilines is 3. The van der Waals surface area contributed by atoms with E-state index in [0.29, 0.717) is 18.0 Å². The highest BCUT2D eigenvalue weighted by molar-refractivity contribution is 9.10. The van der Waals surface area contributed by atoms with E-state index in [0.717, 1.165) is 15.8 Å². The second-order valence-electron chi connectivity index (χ2n) is 4.27. The molecule has 4 heteroatoms. The molecule has 3 N–H and O–H groups in total. The second kappa shape index (κ2) is 5.97. The fourth-order valence-electron chi connectivity index (χ4n) is 1.73. The fraction of sp³-hybridized carbons (Fsp3) is 0.200. The molecule has 0 aliphatic heterocycles. The van der Waals surface area contributed by atoms with Gasteiger partial charge in [-0.15, -0.1) is 0 Å². The molecule has 0 radical (unpaired) electrons. The first-order valence-electron chi connectivity index (χ1n) is 6.15. The van der Waals surface area contributed by atoms with E-state index in [2.05, 4.69) is 34.2 Å². The lowest BCUT2D eigenvalue weighted by atomic mass is 10.2. The van der Waals surface area contributed by atoms with E-state index in [1.807, 2.05) is 37.3 Å². The first kappa shape index (κ1) is 13.7. The normalized spacial score (nSPS) is 10.3. The zero-order valence-corrected chi connectivity index (χ0v) is 12.6. The monoisotopic (exact) mass is 320 g/mol. The standard InChI is InChI=1S/C15H17BrN2O/c1-3-19-15-9-12(6-7-14(15)17)18-11-5-4-10(2)13(16)8-11/h4-9,18H,3,17H2,1-2H3. The summed E-state index contributed by atoms with van der Waals surface area (Å²) in [4.78, 5) is 0. The van der Waals surface area contributed by atoms with Crippen LogP contribution < -0.4 is 15.8 Å². The van der Waals surface area contributed by atoms with Crippen molar-refractivity contribution in [3.8, 4) is 5.75 Å². The number of hydrogen-bond donors (Lipinski definition) is 2. The van der Waals surface area contributed by atoms with Crippen LogP contribution in [0.5, 0.6) is 5.75 Å². The van der Waals surface area contributed by atoms with Crippen LogP contribution >= 0.6 is 15.9 Å². The van der Waals surface area contributed by atoms with Crippen LogP contribution in [0.1, 0.15) is 12.5 Å². The van der Waals surface area contributed by atoms with Crippen molar-refractivity contribution in [2.75, 3.05) is 17.7 Å². The maximum Gasteiger partial charge on any atom is 0.144 e. The number of hydrogen-bond acceptors (Lipinski definition) is 3. The van der Waals surface area contributed by atoms with Crippen LogP contribution in [0, 0.1) is 6.92 Å². The average Bonchev–Trinajstić information content (AvgIpc) is 2.38. The second-order valence-corrected chi connectivity index (χ2v) is 5.13. The highest BCUT2D eigenvalue weighted by Crippen LogP contribution is 2.29. The molecule has 0 spiro atoms. The molecule has 0 amide bonds. The molecule has 2 rings (SSSR count). The summed E-state index contributed by atoms with van der Waals surface area (Å²) < 4.78 is 6.57. The molecule has 3 nitrogen and oxygen atoms in total. The van der Waals surface area contributed by atoms with E-state index in [1.165, 1.54) is 5.56 Å². The van der Waals surface area contributed by atoms with Crippen molar-refractivity contribution in [2.45, 2.75) is 13.8 Å². The van der Waals surface area contributed by atoms with E-state index in [1.54, 1.807) is 0 Å². The van der Waals surface area contributed by atoms with Gasteiger partial charge in [0.15, 0.2) is 0 Å². The van der Waals surface area contributed by atoms with Gasteiger partial charge in [0.05, 0.1) is 12.3 Å². The Hall–Kier alpha value is -1.68. The van der Waals surface area contributed by atoms with Gasteiger partial charge in [-0.25, -0.2) is 0 Å². The van der Waals surface area contributed by atoms with Crippen molar-refractivity contribution in [1.29, 1.82) is 0 Å². The molecule has 2 aromatic carbocycles. The van der Waals surface area contributed by atoms with E-state index >= 15 is 0 Å². The van der Waals surface area contributed by atoms with Gasteiger partial charge >= 0.3 is 0 Å². The van der Waals surface area contributed by atoms with Crippen LogP contribution in [0.4, 0.5) is 17.1 Å². The third-order valence-electron chi connectivity index (χ3n) is 2.77. The summed E-state index contributed by atoms with van der Waals surface area (Å²) in [7, 11) is 0. The third kappa shape index (κ3) is 3.41. The van der Waals surface area contributed by atoms with Crippen molar-refractivity contribution < 1.29 is 4.74 Å². The highest BCUT2D eigenvalue weighted by atomic mass is 79.9. The smallest absolute Gasteiger partial charge is 0.144 e. The van der Waals surface area contributed by atoms with Gasteiger partial charge in [0.25, 0.3) is 0 Å². The van der Waals surface area contributed by atoms with E-state index in [-0.39, 0.29) is 0 Å². The highest BCUT2D eigenvalue weighted by Gasteiger charge is 2.03. The Balaban J connectivity index is 2.22. The molecule has 0 aliphatic carbocycles. The number of aryl methyl sites for hydroxylation is 1. The van der Waals surface area contributed by atoms with Gasteiger partial charge in [0.2, 0.25) is 0 Å². The lowest BCUT2D eigenvalue weighted by Gasteiger charge is -2.11. The van der Waals surface area contributed by atoms with Crippen LogP contribution in [-0.4, -0.2) is 6.61 Å². The number of rotatable bonds is 4. The van der Waals surface area contributed by atoms with Crippen molar-refractivity contribution in [3.05, 3.63) is 46.4 Å². The molecule has 0 bridgehead atoms. The summed E-state index contributed by atoms with van der Waals surface area (Å²) in [5.74, 6) is 0.707. The van der Waals surface area contributed by atoms with Gasteiger partial charge in [-0.3, -0.25) is 0 Å². The molecule has 19 heavy (non-hydrogen) atoms. The zero-order valence-electron chi connectivity index (χ0n) is 11.0. The van der Waals surface area contributed by atoms with E-state index in [4.69, 9.17) is 10.5 Å². The molecular weight excluding hydrogens is 304 g/mol. The molecule has 0 heterocycles. The molecule has 0 unspecified atom stereocenters. The minimum absolute atomic E-state index is 0.601. The third-order valence-corrected chi connectivity index (χ3v) is 3.63. The molecular formula is C15H17BrN2O. The van der Waals surface area contributed by atoms with Crippen LogP contribution in [0.25, 0.3) is 0 Å². The molecule has 0 atom stereocenters. The summed E-state index contributed by atoms with van der Waals surface area (Å²) in [6.45, 7) is 4.60. The molecule has 2 aromatic rings. The van der Waals surface area contributed by atoms with Crippen molar-refractivity contribution in [1.82, 2.24) is 0 Å². The maximum absolute atomic E-state index is 5.85. The van der Waals surface area contributed by atoms with Crippen LogP contribution in [0.3, 0.4) is 0 Å². The number of nitrogens with two attached hydrogens (primary N) is 1. The molecule has 0 saturated heterocycles. The van der Waals surface area contributed by atoms with Gasteiger partial charge in [-0.05, 0) is 43.7 Å². The first-order chi connectivity index (χ1) is 9.10.